The van der Waals surface area contributed by atoms with Gasteiger partial charge >= 0.3 is 6.18 Å². The molecule has 2 rings (SSSR count). The lowest BCUT2D eigenvalue weighted by molar-refractivity contribution is -0.154. The van der Waals surface area contributed by atoms with Gasteiger partial charge in [0.25, 0.3) is 5.91 Å². The smallest absolute Gasteiger partial charge is 0.422 e. The van der Waals surface area contributed by atoms with Gasteiger partial charge in [0.15, 0.2) is 6.61 Å². The number of aromatic nitrogens is 1. The molecule has 0 unspecified atom stereocenters. The van der Waals surface area contributed by atoms with Gasteiger partial charge in [0, 0.05) is 18.8 Å². The Bertz CT molecular complexity index is 669. The Morgan fingerprint density at radius 3 is 2.68 bits per heavy atom. The molecule has 1 fully saturated rings. The number of nitrogens with zero attached hydrogens (tertiary/aromatic N) is 2. The molecule has 1 aromatic heterocycles. The fourth-order valence-corrected chi connectivity index (χ4v) is 2.81. The van der Waals surface area contributed by atoms with Crippen LogP contribution >= 0.6 is 11.6 Å². The van der Waals surface area contributed by atoms with Crippen molar-refractivity contribution >= 4 is 23.4 Å². The molecule has 2 atom stereocenters. The molecule has 6 nitrogen and oxygen atoms in total. The van der Waals surface area contributed by atoms with Gasteiger partial charge in [0.2, 0.25) is 11.8 Å². The Labute approximate surface area is 147 Å². The first kappa shape index (κ1) is 19.3. The van der Waals surface area contributed by atoms with Crippen molar-refractivity contribution in [3.63, 3.8) is 0 Å². The Balaban J connectivity index is 2.13. The molecule has 2 amide bonds. The first-order valence-electron chi connectivity index (χ1n) is 7.54. The summed E-state index contributed by atoms with van der Waals surface area (Å²) in [6, 6.07) is 1.09. The van der Waals surface area contributed by atoms with Gasteiger partial charge in [-0.3, -0.25) is 9.59 Å². The van der Waals surface area contributed by atoms with Crippen molar-refractivity contribution in [2.45, 2.75) is 32.0 Å². The summed E-state index contributed by atoms with van der Waals surface area (Å²) >= 11 is 5.86. The van der Waals surface area contributed by atoms with E-state index in [1.165, 1.54) is 11.0 Å². The summed E-state index contributed by atoms with van der Waals surface area (Å²) in [5, 5.41) is -0.203. The average molecular weight is 380 g/mol. The van der Waals surface area contributed by atoms with Gasteiger partial charge in [0.05, 0.1) is 11.5 Å². The van der Waals surface area contributed by atoms with E-state index in [2.05, 4.69) is 9.72 Å². The number of piperidine rings is 1. The minimum atomic E-state index is -4.52. The fraction of sp³-hybridized carbons (Fsp3) is 0.533. The molecule has 138 valence electrons. The molecule has 25 heavy (non-hydrogen) atoms. The second-order valence-corrected chi connectivity index (χ2v) is 6.31. The standard InChI is InChI=1S/C15H17ClF3N3O3/c1-8-2-3-9(12(20)23)6-22(8)14(24)10-4-11(16)13(21-5-10)25-7-15(17,18)19/h4-5,8-9H,2-3,6-7H2,1H3,(H2,20,23)/t8-,9+/m0/s1. The lowest BCUT2D eigenvalue weighted by Crippen LogP contribution is -2.48. The number of alkyl halides is 3. The van der Waals surface area contributed by atoms with E-state index in [1.807, 2.05) is 6.92 Å². The van der Waals surface area contributed by atoms with Crippen LogP contribution in [0.2, 0.25) is 5.02 Å². The predicted octanol–water partition coefficient (Wildman–Crippen LogP) is 2.40. The normalized spacial score (nSPS) is 21.1. The summed E-state index contributed by atoms with van der Waals surface area (Å²) in [6.45, 7) is 0.487. The van der Waals surface area contributed by atoms with Gasteiger partial charge in [-0.15, -0.1) is 0 Å². The highest BCUT2D eigenvalue weighted by Gasteiger charge is 2.33. The quantitative estimate of drug-likeness (QED) is 0.870. The summed E-state index contributed by atoms with van der Waals surface area (Å²) in [7, 11) is 0. The van der Waals surface area contributed by atoms with Crippen LogP contribution in [0, 0.1) is 5.92 Å². The SMILES string of the molecule is C[C@H]1CC[C@@H](C(N)=O)CN1C(=O)c1cnc(OCC(F)(F)F)c(Cl)c1. The first-order chi connectivity index (χ1) is 11.6. The molecule has 1 aliphatic rings. The zero-order valence-electron chi connectivity index (χ0n) is 13.3. The third-order valence-electron chi connectivity index (χ3n) is 3.97. The number of pyridine rings is 1. The third kappa shape index (κ3) is 4.97. The van der Waals surface area contributed by atoms with Crippen LogP contribution in [0.5, 0.6) is 5.88 Å². The first-order valence-corrected chi connectivity index (χ1v) is 7.91. The van der Waals surface area contributed by atoms with Crippen molar-refractivity contribution in [2.75, 3.05) is 13.2 Å². The Morgan fingerprint density at radius 1 is 1.44 bits per heavy atom. The van der Waals surface area contributed by atoms with E-state index < -0.39 is 36.4 Å². The summed E-state index contributed by atoms with van der Waals surface area (Å²) in [4.78, 5) is 29.1. The molecule has 0 radical (unpaired) electrons. The maximum Gasteiger partial charge on any atom is 0.422 e. The van der Waals surface area contributed by atoms with Crippen LogP contribution in [0.15, 0.2) is 12.3 Å². The molecule has 2 heterocycles. The van der Waals surface area contributed by atoms with Crippen molar-refractivity contribution in [3.05, 3.63) is 22.8 Å². The van der Waals surface area contributed by atoms with Crippen LogP contribution in [0.3, 0.4) is 0 Å². The number of amides is 2. The number of nitrogens with two attached hydrogens (primary N) is 1. The lowest BCUT2D eigenvalue weighted by atomic mass is 9.92. The van der Waals surface area contributed by atoms with Crippen LogP contribution in [0.4, 0.5) is 13.2 Å². The monoisotopic (exact) mass is 379 g/mol. The number of hydrogen-bond acceptors (Lipinski definition) is 4. The summed E-state index contributed by atoms with van der Waals surface area (Å²) in [5.41, 5.74) is 5.41. The number of halogens is 4. The minimum absolute atomic E-state index is 0.0985. The second-order valence-electron chi connectivity index (χ2n) is 5.90. The molecule has 0 bridgehead atoms. The lowest BCUT2D eigenvalue weighted by Gasteiger charge is -2.36. The highest BCUT2D eigenvalue weighted by molar-refractivity contribution is 6.32. The van der Waals surface area contributed by atoms with Crippen molar-refractivity contribution in [1.82, 2.24) is 9.88 Å². The number of carbonyl (C=O) groups is 2. The van der Waals surface area contributed by atoms with Gasteiger partial charge in [-0.1, -0.05) is 11.6 Å². The molecule has 0 aliphatic carbocycles. The van der Waals surface area contributed by atoms with Crippen LogP contribution in [-0.4, -0.2) is 47.1 Å². The number of primary amides is 1. The molecule has 1 aliphatic heterocycles. The topological polar surface area (TPSA) is 85.5 Å². The molecule has 0 aromatic carbocycles. The Morgan fingerprint density at radius 2 is 2.12 bits per heavy atom. The molecular formula is C15H17ClF3N3O3. The highest BCUT2D eigenvalue weighted by atomic mass is 35.5. The zero-order chi connectivity index (χ0) is 18.8. The molecule has 1 saturated heterocycles. The Hall–Kier alpha value is -2.03. The number of rotatable bonds is 4. The maximum absolute atomic E-state index is 12.6. The van der Waals surface area contributed by atoms with Crippen LogP contribution in [0.25, 0.3) is 0 Å². The molecule has 1 aromatic rings. The number of hydrogen-bond donors (Lipinski definition) is 1. The van der Waals surface area contributed by atoms with E-state index in [9.17, 15) is 22.8 Å². The summed E-state index contributed by atoms with van der Waals surface area (Å²) < 4.78 is 41.0. The van der Waals surface area contributed by atoms with Gasteiger partial charge < -0.3 is 15.4 Å². The van der Waals surface area contributed by atoms with E-state index in [0.717, 1.165) is 6.20 Å². The third-order valence-corrected chi connectivity index (χ3v) is 4.24. The second kappa shape index (κ2) is 7.47. The average Bonchev–Trinajstić information content (AvgIpc) is 2.52. The van der Waals surface area contributed by atoms with E-state index >= 15 is 0 Å². The Kier molecular flexibility index (Phi) is 5.76. The largest absolute Gasteiger partial charge is 0.467 e. The number of carbonyl (C=O) groups excluding carboxylic acids is 2. The van der Waals surface area contributed by atoms with Crippen LogP contribution < -0.4 is 10.5 Å². The van der Waals surface area contributed by atoms with E-state index in [4.69, 9.17) is 17.3 Å². The van der Waals surface area contributed by atoms with Gasteiger partial charge in [0.1, 0.15) is 5.02 Å². The zero-order valence-corrected chi connectivity index (χ0v) is 14.1. The molecular weight excluding hydrogens is 363 g/mol. The molecule has 10 heteroatoms. The van der Waals surface area contributed by atoms with Gasteiger partial charge in [-0.05, 0) is 25.8 Å². The number of ether oxygens (including phenoxy) is 1. The predicted molar refractivity (Wildman–Crippen MR) is 83.2 cm³/mol. The van der Waals surface area contributed by atoms with E-state index in [0.29, 0.717) is 12.8 Å². The van der Waals surface area contributed by atoms with E-state index in [1.54, 1.807) is 0 Å². The minimum Gasteiger partial charge on any atom is -0.467 e. The molecule has 0 spiro atoms. The summed E-state index contributed by atoms with van der Waals surface area (Å²) in [5.74, 6) is -1.73. The van der Waals surface area contributed by atoms with Crippen molar-refractivity contribution in [1.29, 1.82) is 0 Å². The fourth-order valence-electron chi connectivity index (χ4n) is 2.59. The van der Waals surface area contributed by atoms with Crippen molar-refractivity contribution in [2.24, 2.45) is 11.7 Å². The van der Waals surface area contributed by atoms with Crippen LogP contribution in [-0.2, 0) is 4.79 Å². The van der Waals surface area contributed by atoms with Crippen LogP contribution in [0.1, 0.15) is 30.1 Å². The molecule has 0 saturated carbocycles. The highest BCUT2D eigenvalue weighted by Crippen LogP contribution is 2.28. The van der Waals surface area contributed by atoms with E-state index in [-0.39, 0.29) is 23.2 Å². The van der Waals surface area contributed by atoms with Crippen molar-refractivity contribution < 1.29 is 27.5 Å². The van der Waals surface area contributed by atoms with Gasteiger partial charge in [-0.2, -0.15) is 13.2 Å². The summed E-state index contributed by atoms with van der Waals surface area (Å²) in [6.07, 6.45) is -2.20. The van der Waals surface area contributed by atoms with Crippen molar-refractivity contribution in [3.8, 4) is 5.88 Å². The molecule has 2 N–H and O–H groups in total. The number of likely N-dealkylation sites (tertiary alicyclic amines) is 1. The maximum atomic E-state index is 12.6. The van der Waals surface area contributed by atoms with Gasteiger partial charge in [-0.25, -0.2) is 4.98 Å².